The number of aliphatic hydroxyl groups is 1. The minimum absolute atomic E-state index is 0.0801. The first-order valence-electron chi connectivity index (χ1n) is 14.0. The zero-order valence-electron chi connectivity index (χ0n) is 26.1. The van der Waals surface area contributed by atoms with E-state index in [1.165, 1.54) is 34.3 Å². The summed E-state index contributed by atoms with van der Waals surface area (Å²) in [6.07, 6.45) is 3.61. The Bertz CT molecular complexity index is 1150. The number of hydrogen-bond acceptors (Lipinski definition) is 9. The number of aliphatic hydroxyl groups excluding tert-OH is 1. The highest BCUT2D eigenvalue weighted by Crippen LogP contribution is 2.29. The first-order chi connectivity index (χ1) is 19.8. The van der Waals surface area contributed by atoms with Crippen molar-refractivity contribution in [3.05, 3.63) is 58.6 Å². The minimum Gasteiger partial charge on any atom is -0.492 e. The molecule has 2 rings (SSSR count). The van der Waals surface area contributed by atoms with E-state index in [-0.39, 0.29) is 34.9 Å². The highest BCUT2D eigenvalue weighted by molar-refractivity contribution is 6.23. The summed E-state index contributed by atoms with van der Waals surface area (Å²) in [4.78, 5) is 50.6. The maximum Gasteiger partial charge on any atom is 0.405 e. The molecule has 11 heteroatoms. The van der Waals surface area contributed by atoms with Crippen LogP contribution in [0.1, 0.15) is 54.4 Å². The molecule has 42 heavy (non-hydrogen) atoms. The average molecular weight is 591 g/mol. The smallest absolute Gasteiger partial charge is 0.405 e. The number of amides is 2. The van der Waals surface area contributed by atoms with Crippen molar-refractivity contribution in [2.75, 3.05) is 21.3 Å². The van der Waals surface area contributed by atoms with Crippen LogP contribution in [0.25, 0.3) is 0 Å². The van der Waals surface area contributed by atoms with Gasteiger partial charge in [-0.1, -0.05) is 52.0 Å². The number of primary amides is 1. The third-order valence-corrected chi connectivity index (χ3v) is 6.95. The number of Topliss-reactive ketones (excluding diaryl/α,β-unsaturated/α-hetero) is 1. The fourth-order valence-corrected chi connectivity index (χ4v) is 4.78. The summed E-state index contributed by atoms with van der Waals surface area (Å²) < 4.78 is 21.7. The molecule has 1 aliphatic carbocycles. The number of rotatable bonds is 4. The molecular weight excluding hydrogens is 544 g/mol. The van der Waals surface area contributed by atoms with Crippen molar-refractivity contribution in [2.24, 2.45) is 17.6 Å². The lowest BCUT2D eigenvalue weighted by molar-refractivity contribution is -0.120. The second-order valence-corrected chi connectivity index (χ2v) is 10.1. The molecule has 2 amide bonds. The van der Waals surface area contributed by atoms with Gasteiger partial charge < -0.3 is 35.1 Å². The first kappa shape index (κ1) is 36.5. The van der Waals surface area contributed by atoms with Crippen LogP contribution < -0.4 is 11.1 Å². The van der Waals surface area contributed by atoms with Crippen molar-refractivity contribution >= 4 is 23.6 Å². The van der Waals surface area contributed by atoms with Gasteiger partial charge >= 0.3 is 6.09 Å². The Morgan fingerprint density at radius 2 is 1.71 bits per heavy atom. The number of ether oxygens (including phenoxy) is 4. The number of ketones is 2. The molecule has 0 saturated carbocycles. The van der Waals surface area contributed by atoms with Gasteiger partial charge in [-0.05, 0) is 38.2 Å². The second-order valence-electron chi connectivity index (χ2n) is 10.1. The number of allylic oxidation sites excluding steroid dienone is 4. The van der Waals surface area contributed by atoms with E-state index in [9.17, 15) is 24.3 Å². The Balaban J connectivity index is 0.00000431. The van der Waals surface area contributed by atoms with E-state index in [4.69, 9.17) is 24.7 Å². The zero-order valence-corrected chi connectivity index (χ0v) is 26.1. The molecule has 0 aromatic rings. The largest absolute Gasteiger partial charge is 0.492 e. The molecule has 11 nitrogen and oxygen atoms in total. The van der Waals surface area contributed by atoms with Crippen molar-refractivity contribution < 1.29 is 43.2 Å². The number of hydrogen-bond donors (Lipinski definition) is 3. The van der Waals surface area contributed by atoms with Crippen molar-refractivity contribution in [1.29, 1.82) is 0 Å². The number of fused-ring (bicyclic) bond motifs is 2. The number of carbonyl (C=O) groups is 4. The lowest BCUT2D eigenvalue weighted by Crippen LogP contribution is -2.37. The van der Waals surface area contributed by atoms with Gasteiger partial charge in [-0.2, -0.15) is 0 Å². The fraction of sp³-hybridized carbons (Fsp3) is 0.548. The standard InChI is InChI=1S/C29H40N2O9.C2H6/c1-15-11-19-25(34)20(14-21(32)27(19)39-7)31-28(35)16(2)9-8-10-22(37-5)26(40-29(30)36)18(4)13-17(3)24(33)23(12-15)38-6;1-2/h8-10,13-15,17,22-24,26,33H,11-12H2,1-7H3,(H2,30,36)(H,31,35);1-2H3/b10-8-,16-9+,18-13+;/t15-,17+,22?,23?,24-,26?;/m1./s1. The molecule has 3 unspecified atom stereocenters. The molecule has 0 saturated heterocycles. The molecule has 234 valence electrons. The van der Waals surface area contributed by atoms with Crippen molar-refractivity contribution in [2.45, 2.75) is 78.8 Å². The minimum atomic E-state index is -1.00. The van der Waals surface area contributed by atoms with Crippen LogP contribution in [0.3, 0.4) is 0 Å². The van der Waals surface area contributed by atoms with E-state index in [0.29, 0.717) is 12.0 Å². The lowest BCUT2D eigenvalue weighted by atomic mass is 9.85. The summed E-state index contributed by atoms with van der Waals surface area (Å²) in [5.74, 6) is -2.39. The van der Waals surface area contributed by atoms with Gasteiger partial charge in [-0.25, -0.2) is 4.79 Å². The first-order valence-corrected chi connectivity index (χ1v) is 14.0. The number of carbonyl (C=O) groups excluding carboxylic acids is 4. The van der Waals surface area contributed by atoms with E-state index in [1.807, 2.05) is 20.8 Å². The number of nitrogens with one attached hydrogen (secondary N) is 1. The molecule has 0 spiro atoms. The van der Waals surface area contributed by atoms with Crippen LogP contribution in [0, 0.1) is 11.8 Å². The van der Waals surface area contributed by atoms with Gasteiger partial charge in [0.05, 0.1) is 25.0 Å². The van der Waals surface area contributed by atoms with Gasteiger partial charge in [0.15, 0.2) is 11.9 Å². The highest BCUT2D eigenvalue weighted by Gasteiger charge is 2.34. The maximum absolute atomic E-state index is 13.3. The SMILES string of the molecule is CC.COC1=C2C[C@@H](C)CC(OC)[C@H](O)[C@@H](C)/C=C(\C)C(OC(N)=O)C(OC)/C=C\C=C(/C)C(=O)NC(=CC1=O)C2=O. The molecule has 1 aliphatic heterocycles. The van der Waals surface area contributed by atoms with Gasteiger partial charge in [0.1, 0.15) is 6.10 Å². The van der Waals surface area contributed by atoms with Crippen LogP contribution in [-0.2, 0) is 33.3 Å². The normalized spacial score (nSPS) is 31.3. The molecule has 0 aromatic carbocycles. The molecule has 1 heterocycles. The van der Waals surface area contributed by atoms with Gasteiger partial charge in [-0.3, -0.25) is 14.4 Å². The predicted octanol–water partition coefficient (Wildman–Crippen LogP) is 3.43. The van der Waals surface area contributed by atoms with E-state index in [0.717, 1.165) is 6.08 Å². The Kier molecular flexibility index (Phi) is 15.1. The maximum atomic E-state index is 13.3. The second kappa shape index (κ2) is 17.4. The summed E-state index contributed by atoms with van der Waals surface area (Å²) >= 11 is 0. The van der Waals surface area contributed by atoms with Crippen molar-refractivity contribution in [3.63, 3.8) is 0 Å². The van der Waals surface area contributed by atoms with Crippen molar-refractivity contribution in [3.8, 4) is 0 Å². The third kappa shape index (κ3) is 9.78. The monoisotopic (exact) mass is 590 g/mol. The van der Waals surface area contributed by atoms with Gasteiger partial charge in [-0.15, -0.1) is 0 Å². The summed E-state index contributed by atoms with van der Waals surface area (Å²) in [5.41, 5.74) is 6.12. The molecule has 0 aromatic heterocycles. The van der Waals surface area contributed by atoms with Crippen LogP contribution in [0.4, 0.5) is 4.79 Å². The Labute approximate surface area is 248 Å². The van der Waals surface area contributed by atoms with E-state index < -0.39 is 53.9 Å². The van der Waals surface area contributed by atoms with Crippen LogP contribution in [0.5, 0.6) is 0 Å². The van der Waals surface area contributed by atoms with E-state index in [2.05, 4.69) is 5.32 Å². The van der Waals surface area contributed by atoms with Crippen LogP contribution in [0.2, 0.25) is 0 Å². The Morgan fingerprint density at radius 1 is 1.07 bits per heavy atom. The van der Waals surface area contributed by atoms with Gasteiger partial charge in [0.2, 0.25) is 11.6 Å². The van der Waals surface area contributed by atoms with Crippen LogP contribution in [-0.4, -0.2) is 74.4 Å². The highest BCUT2D eigenvalue weighted by atomic mass is 16.6. The summed E-state index contributed by atoms with van der Waals surface area (Å²) in [6.45, 7) is 10.9. The predicted molar refractivity (Wildman–Crippen MR) is 158 cm³/mol. The fourth-order valence-electron chi connectivity index (χ4n) is 4.78. The van der Waals surface area contributed by atoms with Crippen molar-refractivity contribution in [1.82, 2.24) is 5.32 Å². The molecular formula is C31H46N2O9. The Morgan fingerprint density at radius 3 is 2.26 bits per heavy atom. The molecule has 0 radical (unpaired) electrons. The third-order valence-electron chi connectivity index (χ3n) is 6.95. The van der Waals surface area contributed by atoms with Crippen LogP contribution >= 0.6 is 0 Å². The number of nitrogens with two attached hydrogens (primary N) is 1. The molecule has 6 atom stereocenters. The lowest BCUT2D eigenvalue weighted by Gasteiger charge is -2.29. The summed E-state index contributed by atoms with van der Waals surface area (Å²) in [6, 6.07) is 0. The topological polar surface area (TPSA) is 163 Å². The molecule has 2 bridgehead atoms. The van der Waals surface area contributed by atoms with Gasteiger partial charge in [0, 0.05) is 37.4 Å². The molecule has 0 fully saturated rings. The molecule has 2 aliphatic rings. The van der Waals surface area contributed by atoms with E-state index >= 15 is 0 Å². The molecule has 4 N–H and O–H groups in total. The Hall–Kier alpha value is -3.54. The number of methoxy groups -OCH3 is 3. The average Bonchev–Trinajstić information content (AvgIpc) is 2.95. The van der Waals surface area contributed by atoms with Crippen LogP contribution in [0.15, 0.2) is 58.6 Å². The summed E-state index contributed by atoms with van der Waals surface area (Å²) in [5, 5.41) is 13.7. The summed E-state index contributed by atoms with van der Waals surface area (Å²) in [7, 11) is 4.21. The van der Waals surface area contributed by atoms with Gasteiger partial charge in [0.25, 0.3) is 5.91 Å². The van der Waals surface area contributed by atoms with E-state index in [1.54, 1.807) is 32.1 Å². The quantitative estimate of drug-likeness (QED) is 0.329. The zero-order chi connectivity index (χ0) is 32.1.